The van der Waals surface area contributed by atoms with Crippen molar-refractivity contribution in [1.29, 1.82) is 0 Å². The van der Waals surface area contributed by atoms with Crippen LogP contribution >= 0.6 is 0 Å². The Morgan fingerprint density at radius 1 is 0.897 bits per heavy atom. The first kappa shape index (κ1) is 22.1. The van der Waals surface area contributed by atoms with Crippen molar-refractivity contribution < 1.29 is 4.43 Å². The molecular formula is C26H38OSi2. The van der Waals surface area contributed by atoms with E-state index in [0.717, 1.165) is 6.42 Å². The van der Waals surface area contributed by atoms with Gasteiger partial charge in [-0.2, -0.15) is 0 Å². The third-order valence-electron chi connectivity index (χ3n) is 6.29. The number of para-hydroxylation sites is 1. The first-order chi connectivity index (χ1) is 13.5. The Balaban J connectivity index is 2.34. The Morgan fingerprint density at radius 3 is 2.10 bits per heavy atom. The molecule has 0 bridgehead atoms. The van der Waals surface area contributed by atoms with Crippen molar-refractivity contribution in [2.45, 2.75) is 78.2 Å². The maximum absolute atomic E-state index is 6.90. The Morgan fingerprint density at radius 2 is 1.52 bits per heavy atom. The molecule has 2 aromatic rings. The number of allylic oxidation sites excluding steroid dienone is 1. The molecule has 0 radical (unpaired) electrons. The molecule has 0 saturated carbocycles. The third kappa shape index (κ3) is 4.17. The maximum atomic E-state index is 6.90. The summed E-state index contributed by atoms with van der Waals surface area (Å²) in [6, 6.07) is 16.3. The fourth-order valence-electron chi connectivity index (χ4n) is 4.79. The Labute approximate surface area is 180 Å². The average Bonchev–Trinajstić information content (AvgIpc) is 3.11. The van der Waals surface area contributed by atoms with Crippen LogP contribution in [0.3, 0.4) is 0 Å². The summed E-state index contributed by atoms with van der Waals surface area (Å²) in [5.74, 6) is 1.20. The summed E-state index contributed by atoms with van der Waals surface area (Å²) in [4.78, 5) is 0. The lowest BCUT2D eigenvalue weighted by molar-refractivity contribution is 0.511. The number of hydrogen-bond donors (Lipinski definition) is 0. The van der Waals surface area contributed by atoms with E-state index in [2.05, 4.69) is 103 Å². The van der Waals surface area contributed by atoms with Gasteiger partial charge in [-0.15, -0.1) is 0 Å². The molecule has 29 heavy (non-hydrogen) atoms. The van der Waals surface area contributed by atoms with Crippen LogP contribution in [0.25, 0.3) is 6.08 Å². The highest BCUT2D eigenvalue weighted by atomic mass is 28.4. The molecule has 2 aromatic carbocycles. The molecule has 0 N–H and O–H groups in total. The van der Waals surface area contributed by atoms with Crippen LogP contribution in [0.2, 0.25) is 31.7 Å². The quantitative estimate of drug-likeness (QED) is 0.491. The molecule has 0 spiro atoms. The van der Waals surface area contributed by atoms with Crippen LogP contribution in [0.5, 0.6) is 5.75 Å². The van der Waals surface area contributed by atoms with Crippen LogP contribution in [-0.4, -0.2) is 16.4 Å². The summed E-state index contributed by atoms with van der Waals surface area (Å²) in [7, 11) is -3.72. The molecule has 1 aliphatic carbocycles. The molecule has 1 nitrogen and oxygen atoms in total. The van der Waals surface area contributed by atoms with Crippen LogP contribution in [0, 0.1) is 0 Å². The predicted octanol–water partition coefficient (Wildman–Crippen LogP) is 6.37. The summed E-state index contributed by atoms with van der Waals surface area (Å²) >= 11 is 0. The van der Waals surface area contributed by atoms with Crippen LogP contribution in [0.1, 0.15) is 51.3 Å². The Bertz CT molecular complexity index is 909. The summed E-state index contributed by atoms with van der Waals surface area (Å²) in [6.07, 6.45) is 5.76. The minimum atomic E-state index is -1.96. The zero-order valence-electron chi connectivity index (χ0n) is 19.6. The van der Waals surface area contributed by atoms with Crippen molar-refractivity contribution in [2.75, 3.05) is 0 Å². The van der Waals surface area contributed by atoms with Gasteiger partial charge in [0.2, 0.25) is 8.32 Å². The van der Waals surface area contributed by atoms with Gasteiger partial charge in [0.15, 0.2) is 0 Å². The summed E-state index contributed by atoms with van der Waals surface area (Å²) < 4.78 is 6.90. The molecule has 0 amide bonds. The van der Waals surface area contributed by atoms with Crippen molar-refractivity contribution in [1.82, 2.24) is 0 Å². The second-order valence-corrected chi connectivity index (χ2v) is 19.5. The SMILES string of the molecule is CC[Si](CC)(c1cccc2c1C=CC2)c1cccc(C(C)(C)C)c1O[Si](C)(C)C. The van der Waals surface area contributed by atoms with Crippen molar-refractivity contribution in [3.05, 3.63) is 59.2 Å². The van der Waals surface area contributed by atoms with E-state index in [1.165, 1.54) is 39.7 Å². The standard InChI is InChI=1S/C26H38OSi2/c1-9-29(10-2,23-18-12-15-20-14-11-16-21(20)23)24-19-13-17-22(26(3,4)5)25(24)27-28(6,7)8/h11-13,15-19H,9-10,14H2,1-8H3. The molecule has 0 atom stereocenters. The Hall–Kier alpha value is -1.59. The zero-order chi connectivity index (χ0) is 21.4. The van der Waals surface area contributed by atoms with Crippen LogP contribution < -0.4 is 14.8 Å². The van der Waals surface area contributed by atoms with Gasteiger partial charge < -0.3 is 4.43 Å². The van der Waals surface area contributed by atoms with Crippen LogP contribution in [0.4, 0.5) is 0 Å². The molecule has 0 fully saturated rings. The third-order valence-corrected chi connectivity index (χ3v) is 12.4. The van der Waals surface area contributed by atoms with Gasteiger partial charge in [0.1, 0.15) is 13.8 Å². The molecule has 3 rings (SSSR count). The number of hydrogen-bond acceptors (Lipinski definition) is 1. The van der Waals surface area contributed by atoms with Crippen molar-refractivity contribution in [3.8, 4) is 5.75 Å². The maximum Gasteiger partial charge on any atom is 0.242 e. The average molecular weight is 423 g/mol. The molecule has 0 unspecified atom stereocenters. The van der Waals surface area contributed by atoms with E-state index in [4.69, 9.17) is 4.43 Å². The van der Waals surface area contributed by atoms with E-state index >= 15 is 0 Å². The number of rotatable bonds is 6. The minimum absolute atomic E-state index is 0.0607. The Kier molecular flexibility index (Phi) is 6.04. The topological polar surface area (TPSA) is 9.23 Å². The highest BCUT2D eigenvalue weighted by Gasteiger charge is 2.40. The first-order valence-corrected chi connectivity index (χ1v) is 17.0. The monoisotopic (exact) mass is 422 g/mol. The molecule has 0 saturated heterocycles. The van der Waals surface area contributed by atoms with E-state index in [1.54, 1.807) is 5.19 Å². The molecule has 3 heteroatoms. The van der Waals surface area contributed by atoms with Gasteiger partial charge in [-0.05, 0) is 58.5 Å². The van der Waals surface area contributed by atoms with E-state index in [0.29, 0.717) is 0 Å². The second kappa shape index (κ2) is 7.92. The second-order valence-electron chi connectivity index (χ2n) is 10.4. The fraction of sp³-hybridized carbons (Fsp3) is 0.462. The van der Waals surface area contributed by atoms with Gasteiger partial charge in [-0.3, -0.25) is 0 Å². The summed E-state index contributed by atoms with van der Waals surface area (Å²) in [5, 5.41) is 3.10. The van der Waals surface area contributed by atoms with Gasteiger partial charge in [0, 0.05) is 0 Å². The molecule has 0 heterocycles. The molecule has 156 valence electrons. The lowest BCUT2D eigenvalue weighted by Crippen LogP contribution is -2.59. The van der Waals surface area contributed by atoms with Gasteiger partial charge >= 0.3 is 0 Å². The van der Waals surface area contributed by atoms with E-state index in [9.17, 15) is 0 Å². The minimum Gasteiger partial charge on any atom is -0.544 e. The van der Waals surface area contributed by atoms with Crippen molar-refractivity contribution in [2.24, 2.45) is 0 Å². The van der Waals surface area contributed by atoms with Crippen LogP contribution in [0.15, 0.2) is 42.5 Å². The number of benzene rings is 2. The smallest absolute Gasteiger partial charge is 0.242 e. The fourth-order valence-corrected chi connectivity index (χ4v) is 10.2. The zero-order valence-corrected chi connectivity index (χ0v) is 21.6. The van der Waals surface area contributed by atoms with Crippen LogP contribution in [-0.2, 0) is 11.8 Å². The van der Waals surface area contributed by atoms with E-state index < -0.39 is 16.4 Å². The van der Waals surface area contributed by atoms with Gasteiger partial charge in [0.05, 0.1) is 0 Å². The molecule has 0 aliphatic heterocycles. The molecule has 1 aliphatic rings. The number of fused-ring (bicyclic) bond motifs is 1. The lowest BCUT2D eigenvalue weighted by atomic mass is 9.86. The van der Waals surface area contributed by atoms with Crippen molar-refractivity contribution in [3.63, 3.8) is 0 Å². The van der Waals surface area contributed by atoms with Crippen molar-refractivity contribution >= 4 is 32.8 Å². The van der Waals surface area contributed by atoms with E-state index in [-0.39, 0.29) is 5.41 Å². The van der Waals surface area contributed by atoms with Gasteiger partial charge in [0.25, 0.3) is 0 Å². The normalized spacial score (nSPS) is 14.2. The summed E-state index contributed by atoms with van der Waals surface area (Å²) in [6.45, 7) is 18.7. The summed E-state index contributed by atoms with van der Waals surface area (Å²) in [5.41, 5.74) is 4.40. The van der Waals surface area contributed by atoms with Gasteiger partial charge in [-0.1, -0.05) is 95.3 Å². The highest BCUT2D eigenvalue weighted by molar-refractivity contribution is 7.03. The van der Waals surface area contributed by atoms with Gasteiger partial charge in [-0.25, -0.2) is 0 Å². The van der Waals surface area contributed by atoms with E-state index in [1.807, 2.05) is 0 Å². The highest BCUT2D eigenvalue weighted by Crippen LogP contribution is 2.35. The first-order valence-electron chi connectivity index (χ1n) is 11.2. The largest absolute Gasteiger partial charge is 0.544 e. The predicted molar refractivity (Wildman–Crippen MR) is 134 cm³/mol. The molecule has 0 aromatic heterocycles. The lowest BCUT2D eigenvalue weighted by Gasteiger charge is -2.38. The molecular weight excluding hydrogens is 384 g/mol.